The van der Waals surface area contributed by atoms with Crippen LogP contribution in [0.5, 0.6) is 17.2 Å². The van der Waals surface area contributed by atoms with E-state index in [9.17, 15) is 14.7 Å². The highest BCUT2D eigenvalue weighted by molar-refractivity contribution is 5.96. The van der Waals surface area contributed by atoms with Crippen molar-refractivity contribution < 1.29 is 33.6 Å². The van der Waals surface area contributed by atoms with Crippen LogP contribution in [0.2, 0.25) is 0 Å². The number of aliphatic hydroxyl groups is 1. The molecule has 2 N–H and O–H groups in total. The number of methoxy groups -OCH3 is 2. The summed E-state index contributed by atoms with van der Waals surface area (Å²) in [5.41, 5.74) is 1.34. The van der Waals surface area contributed by atoms with Crippen LogP contribution in [0.4, 0.5) is 0 Å². The fraction of sp³-hybridized carbons (Fsp3) is 0.533. The zero-order chi connectivity index (χ0) is 27.6. The number of rotatable bonds is 14. The molecule has 2 aliphatic rings. The van der Waals surface area contributed by atoms with Gasteiger partial charge in [0.25, 0.3) is 0 Å². The van der Waals surface area contributed by atoms with Gasteiger partial charge in [0.15, 0.2) is 17.3 Å². The van der Waals surface area contributed by atoms with E-state index in [1.54, 1.807) is 50.6 Å². The Hall–Kier alpha value is -3.14. The molecule has 4 rings (SSSR count). The van der Waals surface area contributed by atoms with Gasteiger partial charge in [0.2, 0.25) is 5.91 Å². The molecule has 1 saturated heterocycles. The van der Waals surface area contributed by atoms with E-state index >= 15 is 0 Å². The first-order chi connectivity index (χ1) is 19.0. The van der Waals surface area contributed by atoms with Gasteiger partial charge >= 0.3 is 0 Å². The van der Waals surface area contributed by atoms with E-state index in [1.807, 2.05) is 6.07 Å². The molecule has 2 aromatic rings. The number of likely N-dealkylation sites (tertiary alicyclic amines) is 1. The molecular weight excluding hydrogens is 500 g/mol. The van der Waals surface area contributed by atoms with Gasteiger partial charge < -0.3 is 29.4 Å². The van der Waals surface area contributed by atoms with E-state index in [1.165, 1.54) is 0 Å². The molecule has 1 unspecified atom stereocenters. The Morgan fingerprint density at radius 1 is 1.03 bits per heavy atom. The van der Waals surface area contributed by atoms with Gasteiger partial charge in [-0.2, -0.15) is 0 Å². The highest BCUT2D eigenvalue weighted by Gasteiger charge is 2.30. The molecule has 9 nitrogen and oxygen atoms in total. The Morgan fingerprint density at radius 3 is 2.49 bits per heavy atom. The number of nitrogens with one attached hydrogen (secondary N) is 1. The molecule has 3 atom stereocenters. The fourth-order valence-corrected chi connectivity index (χ4v) is 5.08. The number of Topliss-reactive ketones (excluding diaryl/α,β-unsaturated/α-hetero) is 1. The molecule has 0 radical (unpaired) electrons. The maximum absolute atomic E-state index is 12.9. The first kappa shape index (κ1) is 28.9. The molecule has 0 aliphatic carbocycles. The van der Waals surface area contributed by atoms with Crippen LogP contribution in [0.25, 0.3) is 0 Å². The average molecular weight is 541 g/mol. The van der Waals surface area contributed by atoms with Gasteiger partial charge in [0.05, 0.1) is 19.3 Å². The highest BCUT2D eigenvalue weighted by atomic mass is 16.6. The summed E-state index contributed by atoms with van der Waals surface area (Å²) in [5.74, 6) is 1.96. The normalized spacial score (nSPS) is 18.4. The summed E-state index contributed by atoms with van der Waals surface area (Å²) in [5, 5.41) is 14.4. The minimum absolute atomic E-state index is 0.0877. The zero-order valence-corrected chi connectivity index (χ0v) is 22.9. The van der Waals surface area contributed by atoms with Crippen LogP contribution in [0.1, 0.15) is 60.6 Å². The summed E-state index contributed by atoms with van der Waals surface area (Å²) in [7, 11) is 3.30. The summed E-state index contributed by atoms with van der Waals surface area (Å²) in [6.07, 6.45) is 3.11. The molecular formula is C30H40N2O7. The van der Waals surface area contributed by atoms with Crippen LogP contribution in [0.15, 0.2) is 42.5 Å². The Balaban J connectivity index is 1.28. The number of carbonyl (C=O) groups excluding carboxylic acids is 2. The zero-order valence-electron chi connectivity index (χ0n) is 22.9. The number of ketones is 1. The lowest BCUT2D eigenvalue weighted by molar-refractivity contribution is -0.123. The first-order valence-corrected chi connectivity index (χ1v) is 13.8. The largest absolute Gasteiger partial charge is 0.497 e. The predicted molar refractivity (Wildman–Crippen MR) is 147 cm³/mol. The molecule has 39 heavy (non-hydrogen) atoms. The Labute approximate surface area is 230 Å². The Morgan fingerprint density at radius 2 is 1.77 bits per heavy atom. The standard InChI is InChI=1S/C30H40N2O7/c1-36-23-11-8-21(9-12-23)26(33)6-4-3-5-7-29(34)31-25(20-32-15-14-24(19-32)37-2)30(35)22-10-13-27-28(18-22)39-17-16-38-27/h8-13,18,24-25,30,35H,3-7,14-17,19-20H2,1-2H3,(H,31,34)/t24-,25+,30?/m0/s1. The summed E-state index contributed by atoms with van der Waals surface area (Å²) in [6.45, 7) is 3.08. The van der Waals surface area contributed by atoms with Crippen molar-refractivity contribution in [3.8, 4) is 17.2 Å². The topological polar surface area (TPSA) is 107 Å². The molecule has 0 bridgehead atoms. The number of hydrogen-bond donors (Lipinski definition) is 2. The van der Waals surface area contributed by atoms with Crippen molar-refractivity contribution in [3.05, 3.63) is 53.6 Å². The van der Waals surface area contributed by atoms with Crippen molar-refractivity contribution in [3.63, 3.8) is 0 Å². The number of aliphatic hydroxyl groups excluding tert-OH is 1. The Kier molecular flexibility index (Phi) is 10.6. The van der Waals surface area contributed by atoms with Gasteiger partial charge in [-0.25, -0.2) is 0 Å². The van der Waals surface area contributed by atoms with Gasteiger partial charge in [-0.05, 0) is 61.2 Å². The van der Waals surface area contributed by atoms with Gasteiger partial charge in [0.1, 0.15) is 25.1 Å². The monoisotopic (exact) mass is 540 g/mol. The molecule has 0 aromatic heterocycles. The van der Waals surface area contributed by atoms with Gasteiger partial charge in [-0.15, -0.1) is 0 Å². The smallest absolute Gasteiger partial charge is 0.220 e. The quantitative estimate of drug-likeness (QED) is 0.277. The number of nitrogens with zero attached hydrogens (tertiary/aromatic N) is 1. The molecule has 2 aromatic carbocycles. The van der Waals surface area contributed by atoms with E-state index in [4.69, 9.17) is 18.9 Å². The van der Waals surface area contributed by atoms with Crippen LogP contribution >= 0.6 is 0 Å². The van der Waals surface area contributed by atoms with Crippen LogP contribution < -0.4 is 19.5 Å². The number of unbranched alkanes of at least 4 members (excludes halogenated alkanes) is 2. The molecule has 0 saturated carbocycles. The number of ether oxygens (including phenoxy) is 4. The molecule has 212 valence electrons. The summed E-state index contributed by atoms with van der Waals surface area (Å²) < 4.78 is 21.9. The van der Waals surface area contributed by atoms with Crippen LogP contribution in [-0.4, -0.2) is 80.9 Å². The fourth-order valence-electron chi connectivity index (χ4n) is 5.08. The summed E-state index contributed by atoms with van der Waals surface area (Å²) in [6, 6.07) is 12.0. The van der Waals surface area contributed by atoms with Crippen molar-refractivity contribution in [2.75, 3.05) is 47.1 Å². The van der Waals surface area contributed by atoms with E-state index in [0.29, 0.717) is 68.1 Å². The second kappa shape index (κ2) is 14.3. The second-order valence-corrected chi connectivity index (χ2v) is 10.1. The maximum atomic E-state index is 12.9. The van der Waals surface area contributed by atoms with E-state index in [2.05, 4.69) is 10.2 Å². The van der Waals surface area contributed by atoms with Crippen LogP contribution in [0.3, 0.4) is 0 Å². The third kappa shape index (κ3) is 8.17. The van der Waals surface area contributed by atoms with E-state index in [0.717, 1.165) is 31.7 Å². The number of fused-ring (bicyclic) bond motifs is 1. The molecule has 1 fully saturated rings. The molecule has 2 heterocycles. The van der Waals surface area contributed by atoms with Crippen molar-refractivity contribution in [1.29, 1.82) is 0 Å². The van der Waals surface area contributed by atoms with Crippen molar-refractivity contribution in [2.45, 2.75) is 56.8 Å². The number of benzene rings is 2. The minimum atomic E-state index is -0.909. The van der Waals surface area contributed by atoms with Gasteiger partial charge in [-0.3, -0.25) is 14.5 Å². The third-order valence-electron chi connectivity index (χ3n) is 7.37. The van der Waals surface area contributed by atoms with Gasteiger partial charge in [0, 0.05) is 45.1 Å². The first-order valence-electron chi connectivity index (χ1n) is 13.8. The van der Waals surface area contributed by atoms with Crippen molar-refractivity contribution >= 4 is 11.7 Å². The lowest BCUT2D eigenvalue weighted by atomic mass is 10.00. The Bertz CT molecular complexity index is 1090. The lowest BCUT2D eigenvalue weighted by Crippen LogP contribution is -2.47. The van der Waals surface area contributed by atoms with Crippen molar-refractivity contribution in [2.24, 2.45) is 0 Å². The van der Waals surface area contributed by atoms with Crippen LogP contribution in [0, 0.1) is 0 Å². The summed E-state index contributed by atoms with van der Waals surface area (Å²) in [4.78, 5) is 27.5. The van der Waals surface area contributed by atoms with Gasteiger partial charge in [-0.1, -0.05) is 12.5 Å². The van der Waals surface area contributed by atoms with Crippen molar-refractivity contribution in [1.82, 2.24) is 10.2 Å². The number of carbonyl (C=O) groups is 2. The van der Waals surface area contributed by atoms with Crippen LogP contribution in [-0.2, 0) is 9.53 Å². The van der Waals surface area contributed by atoms with E-state index in [-0.39, 0.29) is 17.8 Å². The SMILES string of the molecule is COc1ccc(C(=O)CCCCCC(=O)N[C@H](CN2CC[C@H](OC)C2)C(O)c2ccc3c(c2)OCCO3)cc1. The molecule has 0 spiro atoms. The minimum Gasteiger partial charge on any atom is -0.497 e. The second-order valence-electron chi connectivity index (χ2n) is 10.1. The predicted octanol–water partition coefficient (Wildman–Crippen LogP) is 3.54. The maximum Gasteiger partial charge on any atom is 0.220 e. The van der Waals surface area contributed by atoms with E-state index < -0.39 is 12.1 Å². The third-order valence-corrected chi connectivity index (χ3v) is 7.37. The highest BCUT2D eigenvalue weighted by Crippen LogP contribution is 2.33. The number of amides is 1. The average Bonchev–Trinajstić information content (AvgIpc) is 3.43. The molecule has 2 aliphatic heterocycles. The molecule has 1 amide bonds. The number of hydrogen-bond acceptors (Lipinski definition) is 8. The summed E-state index contributed by atoms with van der Waals surface area (Å²) >= 11 is 0. The lowest BCUT2D eigenvalue weighted by Gasteiger charge is -2.29. The molecule has 9 heteroatoms.